The molecule has 1 aromatic heterocycles. The Kier molecular flexibility index (Phi) is 5.01. The summed E-state index contributed by atoms with van der Waals surface area (Å²) >= 11 is 0. The summed E-state index contributed by atoms with van der Waals surface area (Å²) in [6, 6.07) is 3.40. The topological polar surface area (TPSA) is 106 Å². The van der Waals surface area contributed by atoms with Crippen molar-refractivity contribution in [3.8, 4) is 0 Å². The lowest BCUT2D eigenvalue weighted by atomic mass is 10.2. The van der Waals surface area contributed by atoms with Gasteiger partial charge in [-0.1, -0.05) is 4.89 Å². The number of aryl methyl sites for hydroxylation is 1. The van der Waals surface area contributed by atoms with E-state index in [0.717, 1.165) is 5.56 Å². The molecular weight excluding hydrogens is 248 g/mol. The minimum Gasteiger partial charge on any atom is -0.479 e. The molecule has 0 atom stereocenters. The molecule has 0 aliphatic carbocycles. The summed E-state index contributed by atoms with van der Waals surface area (Å²) in [6.45, 7) is -0.714. The maximum absolute atomic E-state index is 11.3. The predicted octanol–water partition coefficient (Wildman–Crippen LogP) is -0.440. The van der Waals surface area contributed by atoms with Crippen LogP contribution in [0.2, 0.25) is 0 Å². The molecule has 1 heterocycles. The van der Waals surface area contributed by atoms with Gasteiger partial charge >= 0.3 is 5.97 Å². The second-order valence-electron chi connectivity index (χ2n) is 3.19. The van der Waals surface area contributed by atoms with Crippen molar-refractivity contribution in [2.24, 2.45) is 0 Å². The summed E-state index contributed by atoms with van der Waals surface area (Å²) in [5.41, 5.74) is 0.823. The number of aromatic nitrogens is 1. The molecule has 0 saturated heterocycles. The van der Waals surface area contributed by atoms with Gasteiger partial charge < -0.3 is 5.11 Å². The first-order valence-corrected chi connectivity index (χ1v) is 6.37. The molecule has 17 heavy (non-hydrogen) atoms. The summed E-state index contributed by atoms with van der Waals surface area (Å²) in [7, 11) is -3.63. The Bertz CT molecular complexity index is 460. The van der Waals surface area contributed by atoms with Gasteiger partial charge in [0.05, 0.1) is 5.75 Å². The van der Waals surface area contributed by atoms with Gasteiger partial charge in [-0.05, 0) is 24.1 Å². The zero-order chi connectivity index (χ0) is 12.7. The van der Waals surface area contributed by atoms with Gasteiger partial charge in [0.25, 0.3) is 0 Å². The SMILES string of the molecule is O=C(O)CONS(=O)(=O)CCc1ccncc1. The van der Waals surface area contributed by atoms with Gasteiger partial charge in [-0.15, -0.1) is 0 Å². The monoisotopic (exact) mass is 260 g/mol. The zero-order valence-electron chi connectivity index (χ0n) is 8.87. The average molecular weight is 260 g/mol. The van der Waals surface area contributed by atoms with Crippen molar-refractivity contribution in [2.45, 2.75) is 6.42 Å². The van der Waals surface area contributed by atoms with Gasteiger partial charge in [0.15, 0.2) is 6.61 Å². The molecule has 1 aromatic rings. The highest BCUT2D eigenvalue weighted by molar-refractivity contribution is 7.89. The molecule has 0 saturated carbocycles. The number of pyridine rings is 1. The summed E-state index contributed by atoms with van der Waals surface area (Å²) in [5.74, 6) is -1.43. The van der Waals surface area contributed by atoms with Gasteiger partial charge in [-0.25, -0.2) is 13.2 Å². The molecule has 0 unspecified atom stereocenters. The minimum atomic E-state index is -3.63. The van der Waals surface area contributed by atoms with Crippen LogP contribution in [0.5, 0.6) is 0 Å². The van der Waals surface area contributed by atoms with Crippen LogP contribution >= 0.6 is 0 Å². The van der Waals surface area contributed by atoms with Gasteiger partial charge in [-0.3, -0.25) is 9.82 Å². The molecule has 0 radical (unpaired) electrons. The Balaban J connectivity index is 2.37. The number of hydrogen-bond donors (Lipinski definition) is 2. The molecule has 0 aliphatic heterocycles. The molecule has 0 spiro atoms. The molecule has 0 aromatic carbocycles. The number of nitrogens with zero attached hydrogens (tertiary/aromatic N) is 1. The number of aliphatic carboxylic acids is 1. The minimum absolute atomic E-state index is 0.184. The fourth-order valence-corrected chi connectivity index (χ4v) is 1.85. The first kappa shape index (κ1) is 13.6. The van der Waals surface area contributed by atoms with Crippen molar-refractivity contribution in [2.75, 3.05) is 12.4 Å². The molecular formula is C9H12N2O5S. The molecule has 0 bridgehead atoms. The van der Waals surface area contributed by atoms with Crippen molar-refractivity contribution in [3.63, 3.8) is 0 Å². The largest absolute Gasteiger partial charge is 0.479 e. The Morgan fingerprint density at radius 1 is 1.41 bits per heavy atom. The molecule has 0 aliphatic rings. The van der Waals surface area contributed by atoms with E-state index in [9.17, 15) is 13.2 Å². The Morgan fingerprint density at radius 3 is 2.65 bits per heavy atom. The van der Waals surface area contributed by atoms with Crippen LogP contribution in [-0.2, 0) is 26.1 Å². The molecule has 2 N–H and O–H groups in total. The second-order valence-corrected chi connectivity index (χ2v) is 4.99. The number of carboxylic acids is 1. The van der Waals surface area contributed by atoms with Crippen molar-refractivity contribution in [1.82, 2.24) is 9.87 Å². The van der Waals surface area contributed by atoms with Crippen LogP contribution in [0.4, 0.5) is 0 Å². The van der Waals surface area contributed by atoms with E-state index in [1.54, 1.807) is 29.4 Å². The Hall–Kier alpha value is -1.51. The van der Waals surface area contributed by atoms with Crippen LogP contribution in [0.15, 0.2) is 24.5 Å². The third-order valence-corrected chi connectivity index (χ3v) is 2.90. The van der Waals surface area contributed by atoms with Crippen LogP contribution in [0.25, 0.3) is 0 Å². The number of carbonyl (C=O) groups is 1. The van der Waals surface area contributed by atoms with Crippen molar-refractivity contribution >= 4 is 16.0 Å². The lowest BCUT2D eigenvalue weighted by Gasteiger charge is -2.05. The molecule has 8 heteroatoms. The Morgan fingerprint density at radius 2 is 2.06 bits per heavy atom. The Labute approximate surface area is 98.4 Å². The van der Waals surface area contributed by atoms with E-state index in [2.05, 4.69) is 9.82 Å². The number of sulfonamides is 1. The van der Waals surface area contributed by atoms with E-state index in [0.29, 0.717) is 6.42 Å². The van der Waals surface area contributed by atoms with Crippen LogP contribution < -0.4 is 4.89 Å². The van der Waals surface area contributed by atoms with Crippen molar-refractivity contribution < 1.29 is 23.2 Å². The second kappa shape index (κ2) is 6.28. The number of nitrogens with one attached hydrogen (secondary N) is 1. The normalized spacial score (nSPS) is 11.3. The van der Waals surface area contributed by atoms with E-state index >= 15 is 0 Å². The highest BCUT2D eigenvalue weighted by Gasteiger charge is 2.11. The van der Waals surface area contributed by atoms with Gasteiger partial charge in [0.1, 0.15) is 0 Å². The van der Waals surface area contributed by atoms with Crippen LogP contribution in [0.1, 0.15) is 5.56 Å². The molecule has 0 fully saturated rings. The fourth-order valence-electron chi connectivity index (χ4n) is 1.02. The average Bonchev–Trinajstić information content (AvgIpc) is 2.27. The standard InChI is InChI=1S/C9H12N2O5S/c12-9(13)7-16-11-17(14,15)6-3-8-1-4-10-5-2-8/h1-2,4-5,11H,3,6-7H2,(H,12,13). The van der Waals surface area contributed by atoms with Crippen LogP contribution in [-0.4, -0.2) is 36.8 Å². The zero-order valence-corrected chi connectivity index (χ0v) is 9.68. The quantitative estimate of drug-likeness (QED) is 0.644. The summed E-state index contributed by atoms with van der Waals surface area (Å²) < 4.78 is 22.7. The molecule has 94 valence electrons. The molecule has 7 nitrogen and oxygen atoms in total. The maximum atomic E-state index is 11.3. The van der Waals surface area contributed by atoms with E-state index in [4.69, 9.17) is 5.11 Å². The smallest absolute Gasteiger partial charge is 0.331 e. The fraction of sp³-hybridized carbons (Fsp3) is 0.333. The predicted molar refractivity (Wildman–Crippen MR) is 58.5 cm³/mol. The number of rotatable bonds is 7. The van der Waals surface area contributed by atoms with E-state index in [1.165, 1.54) is 0 Å². The first-order chi connectivity index (χ1) is 7.99. The lowest BCUT2D eigenvalue weighted by Crippen LogP contribution is -2.29. The first-order valence-electron chi connectivity index (χ1n) is 4.71. The number of carboxylic acid groups (broad SMARTS) is 1. The van der Waals surface area contributed by atoms with Gasteiger partial charge in [0.2, 0.25) is 10.0 Å². The van der Waals surface area contributed by atoms with Crippen molar-refractivity contribution in [3.05, 3.63) is 30.1 Å². The maximum Gasteiger partial charge on any atom is 0.331 e. The third-order valence-electron chi connectivity index (χ3n) is 1.79. The van der Waals surface area contributed by atoms with E-state index in [1.807, 2.05) is 0 Å². The molecule has 1 rings (SSSR count). The van der Waals surface area contributed by atoms with Gasteiger partial charge in [-0.2, -0.15) is 0 Å². The van der Waals surface area contributed by atoms with E-state index < -0.39 is 22.6 Å². The lowest BCUT2D eigenvalue weighted by molar-refractivity contribution is -0.143. The van der Waals surface area contributed by atoms with Gasteiger partial charge in [0, 0.05) is 12.4 Å². The van der Waals surface area contributed by atoms with Crippen LogP contribution in [0.3, 0.4) is 0 Å². The summed E-state index contributed by atoms with van der Waals surface area (Å²) in [4.78, 5) is 19.9. The summed E-state index contributed by atoms with van der Waals surface area (Å²) in [5, 5.41) is 8.25. The highest BCUT2D eigenvalue weighted by atomic mass is 32.2. The van der Waals surface area contributed by atoms with Crippen LogP contribution in [0, 0.1) is 0 Å². The number of hydrogen-bond acceptors (Lipinski definition) is 5. The van der Waals surface area contributed by atoms with Crippen molar-refractivity contribution in [1.29, 1.82) is 0 Å². The third kappa shape index (κ3) is 5.95. The molecule has 0 amide bonds. The van der Waals surface area contributed by atoms with E-state index in [-0.39, 0.29) is 5.75 Å². The highest BCUT2D eigenvalue weighted by Crippen LogP contribution is 1.99. The summed E-state index contributed by atoms with van der Waals surface area (Å²) in [6.07, 6.45) is 3.43.